The number of benzene rings is 1. The lowest BCUT2D eigenvalue weighted by atomic mass is 10.1. The second-order valence-electron chi connectivity index (χ2n) is 3.57. The molecule has 2 N–H and O–H groups in total. The summed E-state index contributed by atoms with van der Waals surface area (Å²) in [6.45, 7) is 0. The lowest BCUT2D eigenvalue weighted by Crippen LogP contribution is -2.24. The summed E-state index contributed by atoms with van der Waals surface area (Å²) in [5.41, 5.74) is 1.32. The van der Waals surface area contributed by atoms with Crippen LogP contribution in [-0.4, -0.2) is 17.2 Å². The zero-order valence-corrected chi connectivity index (χ0v) is 9.94. The second kappa shape index (κ2) is 5.05. The number of aryl methyl sites for hydroxylation is 2. The average Bonchev–Trinajstić information content (AvgIpc) is 2.76. The van der Waals surface area contributed by atoms with E-state index in [4.69, 9.17) is 5.84 Å². The van der Waals surface area contributed by atoms with E-state index in [1.807, 2.05) is 6.07 Å². The quantitative estimate of drug-likeness (QED) is 0.645. The zero-order chi connectivity index (χ0) is 11.4. The summed E-state index contributed by atoms with van der Waals surface area (Å²) < 4.78 is 0. The van der Waals surface area contributed by atoms with Crippen LogP contribution in [0, 0.1) is 0 Å². The molecule has 1 aromatic carbocycles. The molecule has 0 bridgehead atoms. The summed E-state index contributed by atoms with van der Waals surface area (Å²) in [5, 5.41) is 11.4. The highest BCUT2D eigenvalue weighted by atomic mass is 32.1. The Labute approximate surface area is 98.7 Å². The van der Waals surface area contributed by atoms with E-state index in [0.717, 1.165) is 23.0 Å². The van der Waals surface area contributed by atoms with Crippen molar-refractivity contribution in [3.63, 3.8) is 0 Å². The van der Waals surface area contributed by atoms with Gasteiger partial charge in [-0.1, -0.05) is 41.7 Å². The molecule has 0 saturated carbocycles. The number of rotatable bonds is 4. The first kappa shape index (κ1) is 11.0. The highest BCUT2D eigenvalue weighted by Gasteiger charge is 2.05. The van der Waals surface area contributed by atoms with E-state index in [1.54, 1.807) is 7.05 Å². The van der Waals surface area contributed by atoms with Crippen molar-refractivity contribution in [3.8, 4) is 0 Å². The summed E-state index contributed by atoms with van der Waals surface area (Å²) in [6, 6.07) is 10.4. The molecule has 2 rings (SSSR count). The molecular formula is C11H14N4S. The third kappa shape index (κ3) is 2.77. The van der Waals surface area contributed by atoms with Crippen LogP contribution in [0.15, 0.2) is 30.3 Å². The molecule has 0 spiro atoms. The molecule has 0 radical (unpaired) electrons. The minimum absolute atomic E-state index is 0.753. The van der Waals surface area contributed by atoms with Gasteiger partial charge in [0.15, 0.2) is 0 Å². The Hall–Kier alpha value is -1.46. The summed E-state index contributed by atoms with van der Waals surface area (Å²) in [4.78, 5) is 0. The molecule has 0 aliphatic rings. The van der Waals surface area contributed by atoms with Crippen LogP contribution in [0.3, 0.4) is 0 Å². The molecule has 4 nitrogen and oxygen atoms in total. The van der Waals surface area contributed by atoms with Gasteiger partial charge < -0.3 is 0 Å². The highest BCUT2D eigenvalue weighted by Crippen LogP contribution is 2.18. The maximum atomic E-state index is 5.58. The average molecular weight is 234 g/mol. The van der Waals surface area contributed by atoms with Gasteiger partial charge in [-0.15, -0.1) is 10.2 Å². The molecule has 16 heavy (non-hydrogen) atoms. The van der Waals surface area contributed by atoms with Gasteiger partial charge in [-0.05, 0) is 12.0 Å². The van der Waals surface area contributed by atoms with Crippen LogP contribution in [0.5, 0.6) is 0 Å². The highest BCUT2D eigenvalue weighted by molar-refractivity contribution is 7.15. The maximum absolute atomic E-state index is 5.58. The van der Waals surface area contributed by atoms with Crippen molar-refractivity contribution in [1.82, 2.24) is 10.2 Å². The number of nitrogens with zero attached hydrogens (tertiary/aromatic N) is 3. The van der Waals surface area contributed by atoms with E-state index in [0.29, 0.717) is 0 Å². The Morgan fingerprint density at radius 2 is 1.94 bits per heavy atom. The molecule has 1 heterocycles. The molecule has 5 heteroatoms. The zero-order valence-electron chi connectivity index (χ0n) is 9.13. The van der Waals surface area contributed by atoms with Gasteiger partial charge in [-0.25, -0.2) is 5.84 Å². The van der Waals surface area contributed by atoms with Gasteiger partial charge >= 0.3 is 0 Å². The first-order chi connectivity index (χ1) is 7.75. The fourth-order valence-corrected chi connectivity index (χ4v) is 2.11. The number of hydrogen-bond acceptors (Lipinski definition) is 5. The van der Waals surface area contributed by atoms with Crippen LogP contribution in [0.1, 0.15) is 10.6 Å². The minimum Gasteiger partial charge on any atom is -0.288 e. The molecule has 0 saturated heterocycles. The van der Waals surface area contributed by atoms with Crippen molar-refractivity contribution in [3.05, 3.63) is 40.9 Å². The molecule has 0 atom stereocenters. The molecule has 0 unspecified atom stereocenters. The lowest BCUT2D eigenvalue weighted by Gasteiger charge is -2.03. The molecule has 0 fully saturated rings. The Kier molecular flexibility index (Phi) is 3.48. The standard InChI is InChI=1S/C11H14N4S/c1-15(12)11-14-13-10(16-11)8-7-9-5-3-2-4-6-9/h2-6H,7-8,12H2,1H3. The first-order valence-electron chi connectivity index (χ1n) is 5.10. The van der Waals surface area contributed by atoms with Crippen LogP contribution in [0.4, 0.5) is 5.13 Å². The second-order valence-corrected chi connectivity index (χ2v) is 4.62. The summed E-state index contributed by atoms with van der Waals surface area (Å²) in [6.07, 6.45) is 1.90. The van der Waals surface area contributed by atoms with E-state index < -0.39 is 0 Å². The molecule has 0 aliphatic carbocycles. The molecule has 0 aliphatic heterocycles. The Balaban J connectivity index is 1.95. The van der Waals surface area contributed by atoms with E-state index in [-0.39, 0.29) is 0 Å². The summed E-state index contributed by atoms with van der Waals surface area (Å²) in [7, 11) is 1.77. The Morgan fingerprint density at radius 1 is 1.19 bits per heavy atom. The normalized spacial score (nSPS) is 10.4. The molecule has 2 aromatic rings. The molecular weight excluding hydrogens is 220 g/mol. The van der Waals surface area contributed by atoms with Gasteiger partial charge in [-0.2, -0.15) is 0 Å². The molecule has 84 valence electrons. The van der Waals surface area contributed by atoms with E-state index in [2.05, 4.69) is 34.5 Å². The number of anilines is 1. The largest absolute Gasteiger partial charge is 0.288 e. The molecule has 1 aromatic heterocycles. The maximum Gasteiger partial charge on any atom is 0.222 e. The van der Waals surface area contributed by atoms with Crippen molar-refractivity contribution in [2.45, 2.75) is 12.8 Å². The number of aromatic nitrogens is 2. The Bertz CT molecular complexity index is 438. The Morgan fingerprint density at radius 3 is 2.56 bits per heavy atom. The monoisotopic (exact) mass is 234 g/mol. The van der Waals surface area contributed by atoms with Gasteiger partial charge in [0.1, 0.15) is 5.01 Å². The van der Waals surface area contributed by atoms with Crippen LogP contribution in [-0.2, 0) is 12.8 Å². The van der Waals surface area contributed by atoms with Gasteiger partial charge in [0.05, 0.1) is 0 Å². The van der Waals surface area contributed by atoms with Gasteiger partial charge in [0.2, 0.25) is 5.13 Å². The number of nitrogens with two attached hydrogens (primary N) is 1. The van der Waals surface area contributed by atoms with Crippen molar-refractivity contribution in [1.29, 1.82) is 0 Å². The lowest BCUT2D eigenvalue weighted by molar-refractivity contribution is 0.890. The van der Waals surface area contributed by atoms with Crippen LogP contribution < -0.4 is 10.9 Å². The minimum atomic E-state index is 0.753. The fraction of sp³-hybridized carbons (Fsp3) is 0.273. The van der Waals surface area contributed by atoms with E-state index >= 15 is 0 Å². The summed E-state index contributed by atoms with van der Waals surface area (Å²) >= 11 is 1.54. The van der Waals surface area contributed by atoms with Crippen molar-refractivity contribution < 1.29 is 0 Å². The van der Waals surface area contributed by atoms with Gasteiger partial charge in [-0.3, -0.25) is 5.01 Å². The topological polar surface area (TPSA) is 55.0 Å². The number of hydrogen-bond donors (Lipinski definition) is 1. The SMILES string of the molecule is CN(N)c1nnc(CCc2ccccc2)s1. The van der Waals surface area contributed by atoms with Crippen molar-refractivity contribution in [2.75, 3.05) is 12.1 Å². The summed E-state index contributed by atoms with van der Waals surface area (Å²) in [5.74, 6) is 5.58. The van der Waals surface area contributed by atoms with Crippen LogP contribution in [0.25, 0.3) is 0 Å². The van der Waals surface area contributed by atoms with Crippen molar-refractivity contribution in [2.24, 2.45) is 5.84 Å². The van der Waals surface area contributed by atoms with Crippen LogP contribution >= 0.6 is 11.3 Å². The third-order valence-corrected chi connectivity index (χ3v) is 3.30. The number of hydrazine groups is 1. The van der Waals surface area contributed by atoms with Crippen LogP contribution in [0.2, 0.25) is 0 Å². The first-order valence-corrected chi connectivity index (χ1v) is 5.92. The van der Waals surface area contributed by atoms with Crippen molar-refractivity contribution >= 4 is 16.5 Å². The van der Waals surface area contributed by atoms with Gasteiger partial charge in [0, 0.05) is 13.5 Å². The smallest absolute Gasteiger partial charge is 0.222 e. The molecule has 0 amide bonds. The third-order valence-electron chi connectivity index (χ3n) is 2.23. The van der Waals surface area contributed by atoms with E-state index in [1.165, 1.54) is 21.9 Å². The predicted octanol–water partition coefficient (Wildman–Crippen LogP) is 1.63. The van der Waals surface area contributed by atoms with E-state index in [9.17, 15) is 0 Å². The van der Waals surface area contributed by atoms with Gasteiger partial charge in [0.25, 0.3) is 0 Å². The fourth-order valence-electron chi connectivity index (χ4n) is 1.38. The predicted molar refractivity (Wildman–Crippen MR) is 66.3 cm³/mol.